The van der Waals surface area contributed by atoms with Crippen molar-refractivity contribution in [1.29, 1.82) is 0 Å². The molecule has 0 saturated heterocycles. The summed E-state index contributed by atoms with van der Waals surface area (Å²) in [7, 11) is 1.54. The van der Waals surface area contributed by atoms with E-state index in [1.165, 1.54) is 6.07 Å². The van der Waals surface area contributed by atoms with Crippen LogP contribution in [0.1, 0.15) is 0 Å². The number of nitrogens with zero attached hydrogens (tertiary/aromatic N) is 1. The lowest BCUT2D eigenvalue weighted by atomic mass is 10.2. The highest BCUT2D eigenvalue weighted by molar-refractivity contribution is 5.81. The minimum atomic E-state index is 0.0858. The summed E-state index contributed by atoms with van der Waals surface area (Å²) in [6, 6.07) is 9.88. The first-order chi connectivity index (χ1) is 9.17. The molecular formula is C14H12N2O3. The number of fused-ring (bicyclic) bond motifs is 1. The molecule has 0 fully saturated rings. The van der Waals surface area contributed by atoms with Crippen LogP contribution < -0.4 is 4.74 Å². The van der Waals surface area contributed by atoms with E-state index in [1.54, 1.807) is 37.4 Å². The predicted molar refractivity (Wildman–Crippen MR) is 71.4 cm³/mol. The summed E-state index contributed by atoms with van der Waals surface area (Å²) in [5, 5.41) is 19.4. The number of rotatable bonds is 2. The Kier molecular flexibility index (Phi) is 2.52. The molecule has 3 aromatic rings. The number of phenols is 2. The molecule has 5 nitrogen and oxygen atoms in total. The van der Waals surface area contributed by atoms with Crippen LogP contribution in [0.5, 0.6) is 17.2 Å². The van der Waals surface area contributed by atoms with E-state index >= 15 is 0 Å². The number of hydrogen-bond acceptors (Lipinski definition) is 4. The number of hydrogen-bond donors (Lipinski definition) is 3. The Morgan fingerprint density at radius 2 is 1.95 bits per heavy atom. The van der Waals surface area contributed by atoms with Crippen molar-refractivity contribution >= 4 is 11.0 Å². The fourth-order valence-corrected chi connectivity index (χ4v) is 1.96. The lowest BCUT2D eigenvalue weighted by molar-refractivity contribution is 0.408. The Morgan fingerprint density at radius 3 is 2.68 bits per heavy atom. The number of methoxy groups -OCH3 is 1. The summed E-state index contributed by atoms with van der Waals surface area (Å²) in [5.41, 5.74) is 2.02. The maximum Gasteiger partial charge on any atom is 0.142 e. The predicted octanol–water partition coefficient (Wildman–Crippen LogP) is 2.65. The number of phenolic OH excluding ortho intramolecular Hbond substituents is 2. The van der Waals surface area contributed by atoms with Gasteiger partial charge in [0.15, 0.2) is 0 Å². The number of aromatic nitrogens is 2. The van der Waals surface area contributed by atoms with E-state index in [2.05, 4.69) is 9.97 Å². The minimum Gasteiger partial charge on any atom is -0.508 e. The summed E-state index contributed by atoms with van der Waals surface area (Å²) in [6.07, 6.45) is 0. The van der Waals surface area contributed by atoms with Gasteiger partial charge in [0.1, 0.15) is 23.1 Å². The number of aromatic amines is 1. The van der Waals surface area contributed by atoms with Gasteiger partial charge in [-0.15, -0.1) is 0 Å². The van der Waals surface area contributed by atoms with Crippen molar-refractivity contribution in [2.45, 2.75) is 0 Å². The molecule has 0 aliphatic carbocycles. The Balaban J connectivity index is 2.13. The smallest absolute Gasteiger partial charge is 0.142 e. The summed E-state index contributed by atoms with van der Waals surface area (Å²) in [6.45, 7) is 0. The summed E-state index contributed by atoms with van der Waals surface area (Å²) in [5.74, 6) is 1.38. The van der Waals surface area contributed by atoms with Crippen LogP contribution >= 0.6 is 0 Å². The molecule has 0 aliphatic rings. The maximum absolute atomic E-state index is 9.97. The lowest BCUT2D eigenvalue weighted by Crippen LogP contribution is -1.85. The largest absolute Gasteiger partial charge is 0.508 e. The second-order valence-corrected chi connectivity index (χ2v) is 4.17. The Bertz CT molecular complexity index is 750. The van der Waals surface area contributed by atoms with Gasteiger partial charge in [0.2, 0.25) is 0 Å². The van der Waals surface area contributed by atoms with Gasteiger partial charge < -0.3 is 19.9 Å². The van der Waals surface area contributed by atoms with Gasteiger partial charge in [-0.25, -0.2) is 4.98 Å². The van der Waals surface area contributed by atoms with Crippen LogP contribution in [0.3, 0.4) is 0 Å². The van der Waals surface area contributed by atoms with Crippen LogP contribution in [-0.2, 0) is 0 Å². The third kappa shape index (κ3) is 1.95. The van der Waals surface area contributed by atoms with E-state index < -0.39 is 0 Å². The molecule has 0 saturated carbocycles. The molecule has 5 heteroatoms. The molecule has 3 rings (SSSR count). The molecule has 2 aromatic carbocycles. The zero-order valence-electron chi connectivity index (χ0n) is 10.2. The van der Waals surface area contributed by atoms with Crippen molar-refractivity contribution in [3.05, 3.63) is 36.4 Å². The quantitative estimate of drug-likeness (QED) is 0.658. The second-order valence-electron chi connectivity index (χ2n) is 4.17. The van der Waals surface area contributed by atoms with Crippen LogP contribution in [0.2, 0.25) is 0 Å². The van der Waals surface area contributed by atoms with Gasteiger partial charge in [0.05, 0.1) is 23.7 Å². The van der Waals surface area contributed by atoms with Crippen LogP contribution in [0.25, 0.3) is 22.4 Å². The van der Waals surface area contributed by atoms with Crippen LogP contribution in [0.4, 0.5) is 0 Å². The molecule has 0 aliphatic heterocycles. The highest BCUT2D eigenvalue weighted by Crippen LogP contribution is 2.32. The number of imidazole rings is 1. The number of ether oxygens (including phenoxy) is 1. The number of nitrogens with one attached hydrogen (secondary N) is 1. The topological polar surface area (TPSA) is 78.4 Å². The van der Waals surface area contributed by atoms with Crippen molar-refractivity contribution in [3.63, 3.8) is 0 Å². The zero-order chi connectivity index (χ0) is 13.4. The molecule has 0 amide bonds. The van der Waals surface area contributed by atoms with E-state index in [0.717, 1.165) is 5.52 Å². The average Bonchev–Trinajstić information content (AvgIpc) is 2.81. The molecule has 3 N–H and O–H groups in total. The number of aromatic hydroxyl groups is 2. The first-order valence-electron chi connectivity index (χ1n) is 5.73. The van der Waals surface area contributed by atoms with E-state index in [1.807, 2.05) is 0 Å². The van der Waals surface area contributed by atoms with Crippen LogP contribution in [0, 0.1) is 0 Å². The number of H-pyrrole nitrogens is 1. The van der Waals surface area contributed by atoms with Gasteiger partial charge in [-0.2, -0.15) is 0 Å². The van der Waals surface area contributed by atoms with Crippen LogP contribution in [0.15, 0.2) is 36.4 Å². The minimum absolute atomic E-state index is 0.0858. The molecular weight excluding hydrogens is 244 g/mol. The van der Waals surface area contributed by atoms with Gasteiger partial charge in [-0.3, -0.25) is 0 Å². The summed E-state index contributed by atoms with van der Waals surface area (Å²) in [4.78, 5) is 7.43. The fourth-order valence-electron chi connectivity index (χ4n) is 1.96. The Morgan fingerprint density at radius 1 is 1.11 bits per heavy atom. The van der Waals surface area contributed by atoms with E-state index in [0.29, 0.717) is 22.7 Å². The molecule has 96 valence electrons. The van der Waals surface area contributed by atoms with E-state index in [4.69, 9.17) is 4.74 Å². The summed E-state index contributed by atoms with van der Waals surface area (Å²) >= 11 is 0. The molecule has 19 heavy (non-hydrogen) atoms. The van der Waals surface area contributed by atoms with Crippen molar-refractivity contribution in [2.75, 3.05) is 7.11 Å². The van der Waals surface area contributed by atoms with Crippen LogP contribution in [-0.4, -0.2) is 27.3 Å². The molecule has 0 radical (unpaired) electrons. The fraction of sp³-hybridized carbons (Fsp3) is 0.0714. The third-order valence-corrected chi connectivity index (χ3v) is 2.93. The third-order valence-electron chi connectivity index (χ3n) is 2.93. The standard InChI is InChI=1S/C14H12N2O3/c1-19-9-3-4-10(13(18)7-9)14-15-11-5-2-8(17)6-12(11)16-14/h2-7,17-18H,1H3,(H,15,16). The van der Waals surface area contributed by atoms with Gasteiger partial charge >= 0.3 is 0 Å². The Labute approximate surface area is 109 Å². The van der Waals surface area contributed by atoms with Gasteiger partial charge in [0.25, 0.3) is 0 Å². The van der Waals surface area contributed by atoms with Gasteiger partial charge in [0, 0.05) is 12.1 Å². The van der Waals surface area contributed by atoms with Crippen molar-refractivity contribution in [3.8, 4) is 28.6 Å². The monoisotopic (exact) mass is 256 g/mol. The van der Waals surface area contributed by atoms with Crippen molar-refractivity contribution < 1.29 is 14.9 Å². The number of benzene rings is 2. The molecule has 0 unspecified atom stereocenters. The molecule has 0 spiro atoms. The van der Waals surface area contributed by atoms with Gasteiger partial charge in [-0.05, 0) is 24.3 Å². The molecule has 1 heterocycles. The highest BCUT2D eigenvalue weighted by atomic mass is 16.5. The molecule has 0 bridgehead atoms. The Hall–Kier alpha value is -2.69. The summed E-state index contributed by atoms with van der Waals surface area (Å²) < 4.78 is 5.04. The first-order valence-corrected chi connectivity index (χ1v) is 5.73. The van der Waals surface area contributed by atoms with E-state index in [9.17, 15) is 10.2 Å². The second kappa shape index (κ2) is 4.20. The van der Waals surface area contributed by atoms with E-state index in [-0.39, 0.29) is 11.5 Å². The molecule has 0 atom stereocenters. The SMILES string of the molecule is COc1ccc(-c2nc3ccc(O)cc3[nH]2)c(O)c1. The maximum atomic E-state index is 9.97. The van der Waals surface area contributed by atoms with Crippen molar-refractivity contribution in [2.24, 2.45) is 0 Å². The van der Waals surface area contributed by atoms with Crippen molar-refractivity contribution in [1.82, 2.24) is 9.97 Å². The van der Waals surface area contributed by atoms with Gasteiger partial charge in [-0.1, -0.05) is 0 Å². The lowest BCUT2D eigenvalue weighted by Gasteiger charge is -2.04. The zero-order valence-corrected chi connectivity index (χ0v) is 10.2. The first kappa shape index (κ1) is 11.4. The average molecular weight is 256 g/mol. The normalized spacial score (nSPS) is 10.8. The highest BCUT2D eigenvalue weighted by Gasteiger charge is 2.10. The molecule has 1 aromatic heterocycles.